The molecule has 0 amide bonds. The Morgan fingerprint density at radius 3 is 2.71 bits per heavy atom. The third kappa shape index (κ3) is 7.06. The predicted octanol–water partition coefficient (Wildman–Crippen LogP) is 0.968. The number of H-pyrrole nitrogens is 1. The monoisotopic (exact) mass is 436 g/mol. The summed E-state index contributed by atoms with van der Waals surface area (Å²) in [5.74, 6) is -0.996. The van der Waals surface area contributed by atoms with Crippen molar-refractivity contribution in [3.8, 4) is 0 Å². The van der Waals surface area contributed by atoms with Crippen LogP contribution in [0, 0.1) is 11.8 Å². The maximum absolute atomic E-state index is 12.0. The maximum Gasteiger partial charge on any atom is 0.323 e. The van der Waals surface area contributed by atoms with E-state index in [-0.39, 0.29) is 42.5 Å². The van der Waals surface area contributed by atoms with Crippen LogP contribution in [0.4, 0.5) is 5.95 Å². The average molecular weight is 437 g/mol. The van der Waals surface area contributed by atoms with E-state index in [1.54, 1.807) is 4.57 Å². The van der Waals surface area contributed by atoms with E-state index in [0.29, 0.717) is 25.0 Å². The second-order valence-corrected chi connectivity index (χ2v) is 7.90. The number of carbonyl (C=O) groups is 2. The molecule has 2 rings (SSSR count). The number of nitrogens with one attached hydrogen (secondary N) is 1. The Bertz CT molecular complexity index is 938. The third-order valence-electron chi connectivity index (χ3n) is 4.92. The highest BCUT2D eigenvalue weighted by atomic mass is 16.5. The molecule has 0 aliphatic rings. The molecule has 0 aliphatic heterocycles. The molecule has 2 heterocycles. The lowest BCUT2D eigenvalue weighted by Gasteiger charge is -2.19. The highest BCUT2D eigenvalue weighted by Gasteiger charge is 2.21. The number of fused-ring (bicyclic) bond motifs is 1. The van der Waals surface area contributed by atoms with E-state index in [1.807, 2.05) is 20.8 Å². The fourth-order valence-corrected chi connectivity index (χ4v) is 2.91. The van der Waals surface area contributed by atoms with Gasteiger partial charge in [-0.3, -0.25) is 19.4 Å². The van der Waals surface area contributed by atoms with Gasteiger partial charge in [-0.05, 0) is 18.8 Å². The number of nitrogen functional groups attached to an aromatic ring is 1. The number of aromatic amines is 1. The Hall–Kier alpha value is -2.95. The number of aromatic nitrogens is 4. The van der Waals surface area contributed by atoms with Gasteiger partial charge in [0.05, 0.1) is 19.5 Å². The summed E-state index contributed by atoms with van der Waals surface area (Å²) in [6.45, 7) is 6.29. The van der Waals surface area contributed by atoms with Crippen LogP contribution in [0.2, 0.25) is 0 Å². The second kappa shape index (κ2) is 11.4. The number of imidazole rings is 1. The van der Waals surface area contributed by atoms with Gasteiger partial charge in [0.15, 0.2) is 11.2 Å². The van der Waals surface area contributed by atoms with Gasteiger partial charge in [-0.25, -0.2) is 4.98 Å². The second-order valence-electron chi connectivity index (χ2n) is 7.90. The van der Waals surface area contributed by atoms with Crippen molar-refractivity contribution in [1.82, 2.24) is 19.5 Å². The number of esters is 2. The topological polar surface area (TPSA) is 168 Å². The van der Waals surface area contributed by atoms with E-state index in [4.69, 9.17) is 20.9 Å². The molecule has 0 bridgehead atoms. The molecule has 0 radical (unpaired) electrons. The molecule has 172 valence electrons. The molecule has 0 saturated carbocycles. The Balaban J connectivity index is 2.07. The molecule has 5 N–H and O–H groups in total. The van der Waals surface area contributed by atoms with Gasteiger partial charge in [-0.1, -0.05) is 27.2 Å². The fourth-order valence-electron chi connectivity index (χ4n) is 2.91. The summed E-state index contributed by atoms with van der Waals surface area (Å²) in [6, 6.07) is -0.693. The molecule has 2 atom stereocenters. The molecule has 11 nitrogen and oxygen atoms in total. The summed E-state index contributed by atoms with van der Waals surface area (Å²) < 4.78 is 12.4. The summed E-state index contributed by atoms with van der Waals surface area (Å²) >= 11 is 0. The molecule has 0 saturated heterocycles. The number of unbranched alkanes of at least 4 members (excludes halogenated alkanes) is 1. The number of carbonyl (C=O) groups excluding carboxylic acids is 2. The molecule has 0 unspecified atom stereocenters. The van der Waals surface area contributed by atoms with Crippen molar-refractivity contribution in [2.75, 3.05) is 18.9 Å². The van der Waals surface area contributed by atoms with Gasteiger partial charge in [0, 0.05) is 18.9 Å². The normalized spacial score (nSPS) is 13.3. The molecule has 0 aliphatic carbocycles. The largest absolute Gasteiger partial charge is 0.465 e. The summed E-state index contributed by atoms with van der Waals surface area (Å²) in [7, 11) is 0. The van der Waals surface area contributed by atoms with Crippen LogP contribution in [0.15, 0.2) is 11.1 Å². The molecule has 11 heteroatoms. The minimum absolute atomic E-state index is 0.0154. The molecule has 31 heavy (non-hydrogen) atoms. The van der Waals surface area contributed by atoms with E-state index in [2.05, 4.69) is 15.0 Å². The molecule has 0 aromatic carbocycles. The van der Waals surface area contributed by atoms with Gasteiger partial charge < -0.3 is 25.5 Å². The van der Waals surface area contributed by atoms with Gasteiger partial charge in [0.2, 0.25) is 5.95 Å². The third-order valence-corrected chi connectivity index (χ3v) is 4.92. The highest BCUT2D eigenvalue weighted by Crippen LogP contribution is 2.14. The van der Waals surface area contributed by atoms with Crippen LogP contribution in [-0.4, -0.2) is 50.7 Å². The Morgan fingerprint density at radius 1 is 1.29 bits per heavy atom. The minimum Gasteiger partial charge on any atom is -0.465 e. The summed E-state index contributed by atoms with van der Waals surface area (Å²) in [5, 5.41) is 0. The van der Waals surface area contributed by atoms with Crippen molar-refractivity contribution in [3.05, 3.63) is 16.7 Å². The van der Waals surface area contributed by atoms with Crippen LogP contribution in [-0.2, 0) is 25.6 Å². The van der Waals surface area contributed by atoms with E-state index >= 15 is 0 Å². The lowest BCUT2D eigenvalue weighted by atomic mass is 10.1. The number of ether oxygens (including phenoxy) is 2. The summed E-state index contributed by atoms with van der Waals surface area (Å²) in [6.07, 6.45) is 3.91. The van der Waals surface area contributed by atoms with Crippen molar-refractivity contribution in [2.45, 2.75) is 59.0 Å². The summed E-state index contributed by atoms with van der Waals surface area (Å²) in [5.41, 5.74) is 11.5. The van der Waals surface area contributed by atoms with E-state index in [0.717, 1.165) is 12.8 Å². The van der Waals surface area contributed by atoms with Crippen molar-refractivity contribution in [1.29, 1.82) is 0 Å². The lowest BCUT2D eigenvalue weighted by Crippen LogP contribution is -2.37. The first-order chi connectivity index (χ1) is 14.7. The predicted molar refractivity (Wildman–Crippen MR) is 115 cm³/mol. The van der Waals surface area contributed by atoms with Crippen LogP contribution in [0.25, 0.3) is 11.2 Å². The Morgan fingerprint density at radius 2 is 2.03 bits per heavy atom. The van der Waals surface area contributed by atoms with E-state index < -0.39 is 17.6 Å². The molecule has 2 aromatic heterocycles. The molecule has 0 fully saturated rings. The molecular formula is C20H32N6O5. The van der Waals surface area contributed by atoms with E-state index in [1.165, 1.54) is 6.33 Å². The van der Waals surface area contributed by atoms with Gasteiger partial charge in [-0.15, -0.1) is 0 Å². The van der Waals surface area contributed by atoms with Gasteiger partial charge in [0.1, 0.15) is 6.04 Å². The zero-order valence-corrected chi connectivity index (χ0v) is 18.3. The molecular weight excluding hydrogens is 404 g/mol. The number of hydrogen-bond donors (Lipinski definition) is 3. The van der Waals surface area contributed by atoms with Crippen LogP contribution in [0.3, 0.4) is 0 Å². The lowest BCUT2D eigenvalue weighted by molar-refractivity contribution is -0.149. The zero-order valence-electron chi connectivity index (χ0n) is 18.3. The number of anilines is 1. The first-order valence-corrected chi connectivity index (χ1v) is 10.5. The summed E-state index contributed by atoms with van der Waals surface area (Å²) in [4.78, 5) is 46.6. The van der Waals surface area contributed by atoms with Crippen molar-refractivity contribution < 1.29 is 19.1 Å². The van der Waals surface area contributed by atoms with Gasteiger partial charge in [-0.2, -0.15) is 4.98 Å². The highest BCUT2D eigenvalue weighted by molar-refractivity contribution is 5.75. The SMILES string of the molecule is CCCCC(=O)OC[C@H](CCOC(=O)[C@@H](N)C(C)C)Cn1cnc2c(=O)[nH]c(N)nc21. The maximum atomic E-state index is 12.0. The van der Waals surface area contributed by atoms with Crippen LogP contribution in [0.5, 0.6) is 0 Å². The standard InChI is InChI=1S/C20H32N6O5/c1-4-5-6-14(27)31-10-13(7-8-30-19(29)15(21)12(2)3)9-26-11-23-16-17(26)24-20(22)25-18(16)28/h11-13,15H,4-10,21H2,1-3H3,(H3,22,24,25,28)/t13-,15+/m1/s1. The minimum atomic E-state index is -0.693. The smallest absolute Gasteiger partial charge is 0.323 e. The van der Waals surface area contributed by atoms with Crippen LogP contribution in [0.1, 0.15) is 46.5 Å². The van der Waals surface area contributed by atoms with Crippen LogP contribution < -0.4 is 17.0 Å². The van der Waals surface area contributed by atoms with Gasteiger partial charge in [0.25, 0.3) is 5.56 Å². The zero-order chi connectivity index (χ0) is 23.0. The van der Waals surface area contributed by atoms with Crippen LogP contribution >= 0.6 is 0 Å². The van der Waals surface area contributed by atoms with Crippen molar-refractivity contribution >= 4 is 29.1 Å². The molecule has 0 spiro atoms. The Kier molecular flexibility index (Phi) is 8.98. The van der Waals surface area contributed by atoms with E-state index in [9.17, 15) is 14.4 Å². The quantitative estimate of drug-likeness (QED) is 0.410. The van der Waals surface area contributed by atoms with Crippen molar-refractivity contribution in [2.24, 2.45) is 17.6 Å². The number of nitrogens with two attached hydrogens (primary N) is 2. The first kappa shape index (κ1) is 24.3. The number of rotatable bonds is 12. The molecule has 2 aromatic rings. The first-order valence-electron chi connectivity index (χ1n) is 10.5. The fraction of sp³-hybridized carbons (Fsp3) is 0.650. The van der Waals surface area contributed by atoms with Crippen molar-refractivity contribution in [3.63, 3.8) is 0 Å². The number of nitrogens with zero attached hydrogens (tertiary/aromatic N) is 3. The Labute approximate surface area is 180 Å². The number of hydrogen-bond acceptors (Lipinski definition) is 9. The van der Waals surface area contributed by atoms with Gasteiger partial charge >= 0.3 is 11.9 Å². The average Bonchev–Trinajstić information content (AvgIpc) is 3.12.